The molecule has 1 amide bonds. The number of nitrogens with zero attached hydrogens (tertiary/aromatic N) is 2. The molecule has 0 saturated carbocycles. The predicted molar refractivity (Wildman–Crippen MR) is 158 cm³/mol. The average molecular weight is 605 g/mol. The zero-order valence-corrected chi connectivity index (χ0v) is 25.7. The van der Waals surface area contributed by atoms with Crippen molar-refractivity contribution in [2.75, 3.05) is 7.05 Å². The summed E-state index contributed by atoms with van der Waals surface area (Å²) in [5.41, 5.74) is -1.54. The van der Waals surface area contributed by atoms with Crippen LogP contribution in [-0.4, -0.2) is 42.8 Å². The standard InChI is InChI=1S/C26H28BF4N3O4.C5H12/c1-5-6-7-22(18-10-13-21(26(29,30)31)20(14-18)24(36)38-16(2)3)34(25(33-4)27-37-15-32)23(35)17-8-11-19(28)12-9-17;1-4-5(2)3/h8-14,16,22,33H,5-7H2,1-4H3;5H,4H2,1-3H3. The van der Waals surface area contributed by atoms with Gasteiger partial charge in [-0.25, -0.2) is 0 Å². The molecule has 1 atom stereocenters. The molecule has 0 aliphatic carbocycles. The Morgan fingerprint density at radius 2 is 1.67 bits per heavy atom. The molecule has 234 valence electrons. The number of halogens is 4. The molecule has 43 heavy (non-hydrogen) atoms. The first kappa shape index (κ1) is 37.2. The Bertz CT molecular complexity index is 1260. The first-order valence-corrected chi connectivity index (χ1v) is 14.1. The molecule has 0 saturated heterocycles. The maximum atomic E-state index is 13.8. The van der Waals surface area contributed by atoms with Gasteiger partial charge in [0.1, 0.15) is 0 Å². The van der Waals surface area contributed by atoms with E-state index in [2.05, 4.69) is 26.1 Å². The molecule has 0 aliphatic rings. The molecule has 0 fully saturated rings. The number of nitriles is 1. The SMILES string of the molecule is CCC(C)C.CCCCC(c1ccc(C(F)(F)F)c(C(=O)OC(C)C)c1)N(C(=O)c1ccc(F)cc1)C(=BOC#N)NC. The van der Waals surface area contributed by atoms with Gasteiger partial charge in [0.15, 0.2) is 0 Å². The van der Waals surface area contributed by atoms with Gasteiger partial charge in [0.05, 0.1) is 0 Å². The van der Waals surface area contributed by atoms with Crippen molar-refractivity contribution in [3.8, 4) is 6.26 Å². The summed E-state index contributed by atoms with van der Waals surface area (Å²) in [6, 6.07) is 6.85. The Labute approximate surface area is 252 Å². The monoisotopic (exact) mass is 605 g/mol. The number of hydrogen-bond acceptors (Lipinski definition) is 6. The van der Waals surface area contributed by atoms with Crippen molar-refractivity contribution in [2.24, 2.45) is 5.92 Å². The summed E-state index contributed by atoms with van der Waals surface area (Å²) in [5.74, 6) is -1.48. The summed E-state index contributed by atoms with van der Waals surface area (Å²) < 4.78 is 64.7. The number of hydrogen-bond donors (Lipinski definition) is 1. The summed E-state index contributed by atoms with van der Waals surface area (Å²) in [4.78, 5) is 27.6. The molecule has 0 heterocycles. The molecule has 1 N–H and O–H groups in total. The van der Waals surface area contributed by atoms with Gasteiger partial charge in [-0.1, -0.05) is 27.2 Å². The van der Waals surface area contributed by atoms with Gasteiger partial charge < -0.3 is 0 Å². The summed E-state index contributed by atoms with van der Waals surface area (Å²) >= 11 is 0. The van der Waals surface area contributed by atoms with Gasteiger partial charge in [-0.2, -0.15) is 0 Å². The van der Waals surface area contributed by atoms with Crippen LogP contribution in [0.1, 0.15) is 105 Å². The first-order valence-electron chi connectivity index (χ1n) is 14.1. The second-order valence-electron chi connectivity index (χ2n) is 10.4. The second kappa shape index (κ2) is 17.9. The van der Waals surface area contributed by atoms with E-state index in [1.54, 1.807) is 0 Å². The zero-order valence-electron chi connectivity index (χ0n) is 25.7. The fourth-order valence-corrected chi connectivity index (χ4v) is 3.77. The van der Waals surface area contributed by atoms with E-state index in [9.17, 15) is 27.2 Å². The van der Waals surface area contributed by atoms with Crippen molar-refractivity contribution in [3.63, 3.8) is 0 Å². The van der Waals surface area contributed by atoms with Gasteiger partial charge in [-0.3, -0.25) is 0 Å². The van der Waals surface area contributed by atoms with Crippen molar-refractivity contribution < 1.29 is 36.5 Å². The van der Waals surface area contributed by atoms with Crippen LogP contribution in [0.15, 0.2) is 42.5 Å². The van der Waals surface area contributed by atoms with E-state index in [4.69, 9.17) is 14.7 Å². The number of amides is 1. The molecule has 0 radical (unpaired) electrons. The van der Waals surface area contributed by atoms with Crippen molar-refractivity contribution in [1.82, 2.24) is 10.2 Å². The molecule has 2 aromatic rings. The van der Waals surface area contributed by atoms with Gasteiger partial charge in [0.2, 0.25) is 0 Å². The van der Waals surface area contributed by atoms with Gasteiger partial charge in [0, 0.05) is 0 Å². The average Bonchev–Trinajstić information content (AvgIpc) is 2.95. The van der Waals surface area contributed by atoms with E-state index in [1.165, 1.54) is 56.7 Å². The van der Waals surface area contributed by atoms with Crippen LogP contribution >= 0.6 is 0 Å². The summed E-state index contributed by atoms with van der Waals surface area (Å²) in [7, 11) is 2.45. The number of unbranched alkanes of at least 4 members (excludes halogenated alkanes) is 1. The number of alkyl halides is 3. The van der Waals surface area contributed by atoms with Crippen LogP contribution in [0.25, 0.3) is 0 Å². The molecule has 1 unspecified atom stereocenters. The van der Waals surface area contributed by atoms with E-state index >= 15 is 0 Å². The summed E-state index contributed by atoms with van der Waals surface area (Å²) in [6.07, 6.45) is -1.20. The minimum atomic E-state index is -4.83. The topological polar surface area (TPSA) is 91.7 Å². The molecule has 0 bridgehead atoms. The normalized spacial score (nSPS) is 12.0. The number of esters is 1. The van der Waals surface area contributed by atoms with E-state index in [1.807, 2.05) is 6.92 Å². The Balaban J connectivity index is 0.00000170. The Kier molecular flexibility index (Phi) is 15.5. The Hall–Kier alpha value is -3.88. The molecule has 2 rings (SSSR count). The van der Waals surface area contributed by atoms with Crippen LogP contribution in [0.2, 0.25) is 0 Å². The molecule has 0 spiro atoms. The van der Waals surface area contributed by atoms with Crippen LogP contribution in [0, 0.1) is 23.3 Å². The molecule has 7 nitrogen and oxygen atoms in total. The molecule has 0 aliphatic heterocycles. The van der Waals surface area contributed by atoms with Crippen LogP contribution in [0.3, 0.4) is 0 Å². The third kappa shape index (κ3) is 11.7. The van der Waals surface area contributed by atoms with E-state index in [0.29, 0.717) is 12.8 Å². The summed E-state index contributed by atoms with van der Waals surface area (Å²) in [6.45, 7) is 11.6. The third-order valence-corrected chi connectivity index (χ3v) is 6.30. The number of carbonyl (C=O) groups is 2. The van der Waals surface area contributed by atoms with Crippen molar-refractivity contribution >= 4 is 24.7 Å². The second-order valence-corrected chi connectivity index (χ2v) is 10.4. The van der Waals surface area contributed by atoms with Crippen LogP contribution in [0.4, 0.5) is 17.6 Å². The van der Waals surface area contributed by atoms with Crippen LogP contribution in [0.5, 0.6) is 0 Å². The molecular weight excluding hydrogens is 565 g/mol. The molecule has 2 aromatic carbocycles. The third-order valence-electron chi connectivity index (χ3n) is 6.30. The van der Waals surface area contributed by atoms with E-state index in [-0.39, 0.29) is 23.3 Å². The maximum absolute atomic E-state index is 13.8. The predicted octanol–water partition coefficient (Wildman–Crippen LogP) is 7.26. The Morgan fingerprint density at radius 1 is 1.07 bits per heavy atom. The van der Waals surface area contributed by atoms with E-state index in [0.717, 1.165) is 37.3 Å². The molecular formula is C31H40BF4N3O4. The Morgan fingerprint density at radius 3 is 2.14 bits per heavy atom. The number of ether oxygens (including phenoxy) is 1. The van der Waals surface area contributed by atoms with Crippen LogP contribution in [-0.2, 0) is 15.6 Å². The van der Waals surface area contributed by atoms with Gasteiger partial charge in [-0.15, -0.1) is 0 Å². The van der Waals surface area contributed by atoms with Gasteiger partial charge >= 0.3 is 219 Å². The van der Waals surface area contributed by atoms with E-state index < -0.39 is 47.1 Å². The van der Waals surface area contributed by atoms with Crippen LogP contribution < -0.4 is 5.32 Å². The van der Waals surface area contributed by atoms with Crippen molar-refractivity contribution in [1.29, 1.82) is 5.26 Å². The fourth-order valence-electron chi connectivity index (χ4n) is 3.77. The minimum absolute atomic E-state index is 0.0215. The summed E-state index contributed by atoms with van der Waals surface area (Å²) in [5, 5.41) is 11.7. The molecule has 12 heteroatoms. The number of benzene rings is 2. The van der Waals surface area contributed by atoms with Gasteiger partial charge in [-0.05, 0) is 5.92 Å². The zero-order chi connectivity index (χ0) is 32.7. The number of nitrogens with one attached hydrogen (secondary N) is 1. The number of rotatable bonds is 12. The first-order chi connectivity index (χ1) is 20.2. The van der Waals surface area contributed by atoms with Crippen molar-refractivity contribution in [2.45, 2.75) is 85.5 Å². The molecule has 0 aromatic heterocycles. The van der Waals surface area contributed by atoms with Gasteiger partial charge in [0.25, 0.3) is 0 Å². The number of carbonyl (C=O) groups excluding carboxylic acids is 2. The van der Waals surface area contributed by atoms with Crippen molar-refractivity contribution in [3.05, 3.63) is 70.5 Å². The quantitative estimate of drug-likeness (QED) is 0.119. The fraction of sp³-hybridized carbons (Fsp3) is 0.484.